The molecule has 21 heavy (non-hydrogen) atoms. The smallest absolute Gasteiger partial charge is 0.326 e. The molecular formula is C11H17N4O5P. The average molecular weight is 316 g/mol. The van der Waals surface area contributed by atoms with Crippen LogP contribution in [0.3, 0.4) is 0 Å². The van der Waals surface area contributed by atoms with Gasteiger partial charge in [0.2, 0.25) is 0 Å². The van der Waals surface area contributed by atoms with Gasteiger partial charge in [-0.25, -0.2) is 9.78 Å². The number of aryl methyl sites for hydroxylation is 2. The van der Waals surface area contributed by atoms with Crippen molar-refractivity contribution in [2.45, 2.75) is 19.4 Å². The number of imidazole rings is 1. The van der Waals surface area contributed by atoms with Gasteiger partial charge in [-0.1, -0.05) is 0 Å². The minimum absolute atomic E-state index is 0.192. The van der Waals surface area contributed by atoms with Crippen molar-refractivity contribution in [3.8, 4) is 0 Å². The van der Waals surface area contributed by atoms with Crippen molar-refractivity contribution in [3.05, 3.63) is 27.2 Å². The van der Waals surface area contributed by atoms with Gasteiger partial charge in [-0.15, -0.1) is 0 Å². The Labute approximate surface area is 120 Å². The highest BCUT2D eigenvalue weighted by Gasteiger charge is 2.13. The van der Waals surface area contributed by atoms with E-state index in [9.17, 15) is 14.2 Å². The second kappa shape index (κ2) is 6.38. The molecule has 0 spiro atoms. The molecule has 0 aliphatic rings. The van der Waals surface area contributed by atoms with E-state index in [0.717, 1.165) is 4.57 Å². The molecule has 1 N–H and O–H groups in total. The molecule has 0 radical (unpaired) electrons. The minimum Gasteiger partial charge on any atom is -0.326 e. The van der Waals surface area contributed by atoms with Crippen LogP contribution in [0.1, 0.15) is 12.8 Å². The number of fused-ring (bicyclic) bond motifs is 1. The third-order valence-electron chi connectivity index (χ3n) is 3.24. The first-order chi connectivity index (χ1) is 9.93. The molecule has 116 valence electrons. The Bertz CT molecular complexity index is 790. The minimum atomic E-state index is -2.89. The second-order valence-electron chi connectivity index (χ2n) is 4.64. The molecule has 0 amide bonds. The van der Waals surface area contributed by atoms with Crippen molar-refractivity contribution in [3.63, 3.8) is 0 Å². The molecule has 0 saturated heterocycles. The third-order valence-corrected chi connectivity index (χ3v) is 3.69. The molecule has 10 heteroatoms. The molecule has 0 saturated carbocycles. The van der Waals surface area contributed by atoms with E-state index in [1.54, 1.807) is 11.6 Å². The zero-order valence-electron chi connectivity index (χ0n) is 11.8. The summed E-state index contributed by atoms with van der Waals surface area (Å²) in [4.78, 5) is 36.6. The molecule has 0 aliphatic heterocycles. The predicted molar refractivity (Wildman–Crippen MR) is 76.6 cm³/mol. The van der Waals surface area contributed by atoms with Crippen LogP contribution in [0.5, 0.6) is 0 Å². The molecule has 2 heterocycles. The van der Waals surface area contributed by atoms with E-state index in [1.165, 1.54) is 17.9 Å². The summed E-state index contributed by atoms with van der Waals surface area (Å²) in [6, 6.07) is 0. The Morgan fingerprint density at radius 2 is 2.00 bits per heavy atom. The first kappa shape index (κ1) is 15.7. The highest BCUT2D eigenvalue weighted by atomic mass is 31.1. The predicted octanol–water partition coefficient (Wildman–Crippen LogP) is -0.388. The van der Waals surface area contributed by atoms with Gasteiger partial charge in [0, 0.05) is 20.6 Å². The van der Waals surface area contributed by atoms with Crippen molar-refractivity contribution in [1.29, 1.82) is 0 Å². The molecule has 2 aromatic rings. The lowest BCUT2D eigenvalue weighted by Crippen LogP contribution is -2.37. The van der Waals surface area contributed by atoms with Crippen LogP contribution in [0.25, 0.3) is 11.2 Å². The molecule has 0 bridgehead atoms. The van der Waals surface area contributed by atoms with Crippen LogP contribution < -0.4 is 11.2 Å². The maximum absolute atomic E-state index is 12.2. The summed E-state index contributed by atoms with van der Waals surface area (Å²) in [5.74, 6) is 0. The quantitative estimate of drug-likeness (QED) is 0.574. The number of aromatic nitrogens is 4. The summed E-state index contributed by atoms with van der Waals surface area (Å²) < 4.78 is 19.0. The number of rotatable bonds is 6. The van der Waals surface area contributed by atoms with E-state index < -0.39 is 13.9 Å². The van der Waals surface area contributed by atoms with Gasteiger partial charge in [0.1, 0.15) is 0 Å². The number of hydrogen-bond acceptors (Lipinski definition) is 5. The Hall–Kier alpha value is -1.70. The Morgan fingerprint density at radius 3 is 2.67 bits per heavy atom. The van der Waals surface area contributed by atoms with Gasteiger partial charge in [-0.05, 0) is 12.8 Å². The SMILES string of the molecule is Cn1c(=O)c2c(ncn2CCCCO[PH](=O)O)n(C)c1=O. The molecular weight excluding hydrogens is 299 g/mol. The highest BCUT2D eigenvalue weighted by molar-refractivity contribution is 7.32. The Balaban J connectivity index is 2.21. The molecule has 2 rings (SSSR count). The van der Waals surface area contributed by atoms with Crippen LogP contribution in [-0.4, -0.2) is 30.2 Å². The molecule has 2 aromatic heterocycles. The van der Waals surface area contributed by atoms with Gasteiger partial charge < -0.3 is 14.0 Å². The van der Waals surface area contributed by atoms with Crippen LogP contribution in [0, 0.1) is 0 Å². The number of unbranched alkanes of at least 4 members (excludes halogenated alkanes) is 1. The van der Waals surface area contributed by atoms with E-state index in [0.29, 0.717) is 30.6 Å². The summed E-state index contributed by atoms with van der Waals surface area (Å²) in [6.45, 7) is 0.705. The van der Waals surface area contributed by atoms with Gasteiger partial charge in [0.25, 0.3) is 5.56 Å². The van der Waals surface area contributed by atoms with E-state index in [4.69, 9.17) is 4.89 Å². The van der Waals surface area contributed by atoms with Crippen LogP contribution in [0.2, 0.25) is 0 Å². The zero-order chi connectivity index (χ0) is 15.6. The summed E-state index contributed by atoms with van der Waals surface area (Å²) in [6.07, 6.45) is 2.76. The highest BCUT2D eigenvalue weighted by Crippen LogP contribution is 2.15. The maximum atomic E-state index is 12.2. The van der Waals surface area contributed by atoms with E-state index in [-0.39, 0.29) is 12.2 Å². The number of nitrogens with zero attached hydrogens (tertiary/aromatic N) is 4. The fourth-order valence-electron chi connectivity index (χ4n) is 2.11. The van der Waals surface area contributed by atoms with Gasteiger partial charge in [-0.3, -0.25) is 18.5 Å². The third kappa shape index (κ3) is 3.15. The fourth-order valence-corrected chi connectivity index (χ4v) is 2.43. The molecule has 0 fully saturated rings. The van der Waals surface area contributed by atoms with Gasteiger partial charge >= 0.3 is 13.9 Å². The lowest BCUT2D eigenvalue weighted by atomic mass is 10.3. The largest absolute Gasteiger partial charge is 0.332 e. The summed E-state index contributed by atoms with van der Waals surface area (Å²) in [7, 11) is 0.103. The van der Waals surface area contributed by atoms with Crippen LogP contribution in [0.4, 0.5) is 0 Å². The standard InChI is InChI=1S/C11H17N4O5P/c1-13-9-8(10(16)14(2)11(13)17)15(7-12-9)5-3-4-6-20-21(18)19/h7,21H,3-6H2,1-2H3,(H,18,19). The van der Waals surface area contributed by atoms with Gasteiger partial charge in [0.05, 0.1) is 12.9 Å². The van der Waals surface area contributed by atoms with Crippen LogP contribution >= 0.6 is 8.25 Å². The van der Waals surface area contributed by atoms with Crippen molar-refractivity contribution < 1.29 is 14.0 Å². The lowest BCUT2D eigenvalue weighted by molar-refractivity contribution is 0.273. The first-order valence-electron chi connectivity index (χ1n) is 6.40. The van der Waals surface area contributed by atoms with E-state index in [2.05, 4.69) is 9.51 Å². The van der Waals surface area contributed by atoms with Crippen molar-refractivity contribution in [2.75, 3.05) is 6.61 Å². The molecule has 0 aliphatic carbocycles. The van der Waals surface area contributed by atoms with Crippen LogP contribution in [-0.2, 0) is 29.7 Å². The summed E-state index contributed by atoms with van der Waals surface area (Å²) in [5, 5.41) is 0. The number of hydrogen-bond donors (Lipinski definition) is 1. The fraction of sp³-hybridized carbons (Fsp3) is 0.545. The second-order valence-corrected chi connectivity index (χ2v) is 5.46. The Morgan fingerprint density at radius 1 is 1.29 bits per heavy atom. The molecule has 0 aromatic carbocycles. The van der Waals surface area contributed by atoms with Crippen molar-refractivity contribution in [2.24, 2.45) is 14.1 Å². The summed E-state index contributed by atoms with van der Waals surface area (Å²) >= 11 is 0. The maximum Gasteiger partial charge on any atom is 0.332 e. The average Bonchev–Trinajstić information content (AvgIpc) is 2.86. The van der Waals surface area contributed by atoms with Crippen molar-refractivity contribution >= 4 is 19.4 Å². The molecule has 9 nitrogen and oxygen atoms in total. The van der Waals surface area contributed by atoms with Gasteiger partial charge in [-0.2, -0.15) is 0 Å². The molecule has 1 atom stereocenters. The zero-order valence-corrected chi connectivity index (χ0v) is 12.8. The summed E-state index contributed by atoms with van der Waals surface area (Å²) in [5.41, 5.74) is -0.0857. The van der Waals surface area contributed by atoms with Crippen molar-refractivity contribution in [1.82, 2.24) is 18.7 Å². The first-order valence-corrected chi connectivity index (χ1v) is 7.66. The Kier molecular flexibility index (Phi) is 4.76. The topological polar surface area (TPSA) is 108 Å². The lowest BCUT2D eigenvalue weighted by Gasteiger charge is -2.06. The van der Waals surface area contributed by atoms with Crippen LogP contribution in [0.15, 0.2) is 15.9 Å². The van der Waals surface area contributed by atoms with Gasteiger partial charge in [0.15, 0.2) is 11.2 Å². The van der Waals surface area contributed by atoms with E-state index in [1.807, 2.05) is 0 Å². The van der Waals surface area contributed by atoms with E-state index >= 15 is 0 Å². The monoisotopic (exact) mass is 316 g/mol. The normalized spacial score (nSPS) is 12.9. The molecule has 1 unspecified atom stereocenters.